The molecule has 5 heteroatoms. The van der Waals surface area contributed by atoms with Crippen LogP contribution in [0.1, 0.15) is 23.5 Å². The Balaban J connectivity index is 1.51. The number of amides is 1. The van der Waals surface area contributed by atoms with Crippen molar-refractivity contribution in [3.05, 3.63) is 89.1 Å². The smallest absolute Gasteiger partial charge is 0.229 e. The SMILES string of the molecule is Cc1ccc2nc(-c3cccc(Cl)c3)c(NC(=O)C3C[C@H]3c3ccccc3)n2c1. The van der Waals surface area contributed by atoms with Crippen LogP contribution < -0.4 is 5.32 Å². The van der Waals surface area contributed by atoms with Crippen molar-refractivity contribution in [3.63, 3.8) is 0 Å². The number of carbonyl (C=O) groups excluding carboxylic acids is 1. The maximum absolute atomic E-state index is 13.1. The lowest BCUT2D eigenvalue weighted by molar-refractivity contribution is -0.117. The van der Waals surface area contributed by atoms with Gasteiger partial charge in [-0.2, -0.15) is 0 Å². The minimum atomic E-state index is -0.0139. The predicted molar refractivity (Wildman–Crippen MR) is 116 cm³/mol. The predicted octanol–water partition coefficient (Wildman–Crippen LogP) is 5.71. The second kappa shape index (κ2) is 7.05. The molecule has 0 aliphatic heterocycles. The van der Waals surface area contributed by atoms with Crippen LogP contribution in [0.2, 0.25) is 5.02 Å². The van der Waals surface area contributed by atoms with Crippen molar-refractivity contribution < 1.29 is 4.79 Å². The second-order valence-electron chi connectivity index (χ2n) is 7.60. The molecule has 0 bridgehead atoms. The lowest BCUT2D eigenvalue weighted by Crippen LogP contribution is -2.16. The zero-order valence-electron chi connectivity index (χ0n) is 16.0. The summed E-state index contributed by atoms with van der Waals surface area (Å²) in [6.45, 7) is 2.02. The van der Waals surface area contributed by atoms with Crippen LogP contribution in [0.4, 0.5) is 5.82 Å². The van der Waals surface area contributed by atoms with E-state index in [1.165, 1.54) is 5.56 Å². The Kier molecular flexibility index (Phi) is 4.36. The van der Waals surface area contributed by atoms with Crippen molar-refractivity contribution in [2.75, 3.05) is 5.32 Å². The summed E-state index contributed by atoms with van der Waals surface area (Å²) in [7, 11) is 0. The summed E-state index contributed by atoms with van der Waals surface area (Å²) in [5.41, 5.74) is 4.71. The Hall–Kier alpha value is -3.11. The molecule has 0 saturated heterocycles. The number of benzene rings is 2. The summed E-state index contributed by atoms with van der Waals surface area (Å²) in [5, 5.41) is 3.80. The molecule has 1 N–H and O–H groups in total. The highest BCUT2D eigenvalue weighted by molar-refractivity contribution is 6.30. The molecule has 4 nitrogen and oxygen atoms in total. The molecular weight excluding hydrogens is 382 g/mol. The molecule has 2 heterocycles. The van der Waals surface area contributed by atoms with Gasteiger partial charge >= 0.3 is 0 Å². The molecule has 144 valence electrons. The maximum Gasteiger partial charge on any atom is 0.229 e. The Bertz CT molecular complexity index is 1220. The quantitative estimate of drug-likeness (QED) is 0.476. The van der Waals surface area contributed by atoms with Gasteiger partial charge in [0.25, 0.3) is 0 Å². The first kappa shape index (κ1) is 18.0. The van der Waals surface area contributed by atoms with Crippen molar-refractivity contribution >= 4 is 29.0 Å². The van der Waals surface area contributed by atoms with Gasteiger partial charge < -0.3 is 5.32 Å². The number of pyridine rings is 1. The van der Waals surface area contributed by atoms with Crippen LogP contribution in [0.25, 0.3) is 16.9 Å². The third-order valence-electron chi connectivity index (χ3n) is 5.46. The van der Waals surface area contributed by atoms with E-state index in [-0.39, 0.29) is 17.7 Å². The highest BCUT2D eigenvalue weighted by Crippen LogP contribution is 2.48. The minimum absolute atomic E-state index is 0.0139. The second-order valence-corrected chi connectivity index (χ2v) is 8.04. The van der Waals surface area contributed by atoms with E-state index < -0.39 is 0 Å². The number of aryl methyl sites for hydroxylation is 1. The number of aromatic nitrogens is 2. The van der Waals surface area contributed by atoms with E-state index >= 15 is 0 Å². The van der Waals surface area contributed by atoms with Crippen molar-refractivity contribution in [3.8, 4) is 11.3 Å². The Morgan fingerprint density at radius 3 is 2.72 bits per heavy atom. The Morgan fingerprint density at radius 2 is 1.93 bits per heavy atom. The van der Waals surface area contributed by atoms with Gasteiger partial charge in [-0.05, 0) is 48.6 Å². The molecule has 4 aromatic rings. The monoisotopic (exact) mass is 401 g/mol. The third kappa shape index (κ3) is 3.40. The Morgan fingerprint density at radius 1 is 1.10 bits per heavy atom. The van der Waals surface area contributed by atoms with Gasteiger partial charge in [-0.15, -0.1) is 0 Å². The summed E-state index contributed by atoms with van der Waals surface area (Å²) in [6, 6.07) is 21.8. The molecule has 1 aliphatic carbocycles. The van der Waals surface area contributed by atoms with Crippen molar-refractivity contribution in [2.45, 2.75) is 19.3 Å². The van der Waals surface area contributed by atoms with Crippen molar-refractivity contribution in [1.82, 2.24) is 9.38 Å². The summed E-state index contributed by atoms with van der Waals surface area (Å²) in [6.07, 6.45) is 2.87. The molecule has 1 aliphatic rings. The number of anilines is 1. The molecular formula is C24H20ClN3O. The van der Waals surface area contributed by atoms with E-state index in [4.69, 9.17) is 16.6 Å². The number of hydrogen-bond donors (Lipinski definition) is 1. The third-order valence-corrected chi connectivity index (χ3v) is 5.70. The minimum Gasteiger partial charge on any atom is -0.310 e. The summed E-state index contributed by atoms with van der Waals surface area (Å²) < 4.78 is 1.95. The van der Waals surface area contributed by atoms with E-state index in [1.807, 2.05) is 72.1 Å². The fourth-order valence-corrected chi connectivity index (χ4v) is 4.06. The van der Waals surface area contributed by atoms with Crippen LogP contribution in [-0.2, 0) is 4.79 Å². The number of hydrogen-bond acceptors (Lipinski definition) is 2. The molecule has 1 fully saturated rings. The number of carbonyl (C=O) groups is 1. The molecule has 0 spiro atoms. The van der Waals surface area contributed by atoms with Gasteiger partial charge in [0.15, 0.2) is 0 Å². The molecule has 1 saturated carbocycles. The van der Waals surface area contributed by atoms with Crippen molar-refractivity contribution in [1.29, 1.82) is 0 Å². The van der Waals surface area contributed by atoms with E-state index in [2.05, 4.69) is 17.4 Å². The zero-order chi connectivity index (χ0) is 20.0. The summed E-state index contributed by atoms with van der Waals surface area (Å²) in [4.78, 5) is 17.8. The number of fused-ring (bicyclic) bond motifs is 1. The molecule has 2 aromatic heterocycles. The summed E-state index contributed by atoms with van der Waals surface area (Å²) in [5.74, 6) is 0.992. The van der Waals surface area contributed by atoms with Crippen LogP contribution in [0.15, 0.2) is 72.9 Å². The van der Waals surface area contributed by atoms with Gasteiger partial charge in [0.05, 0.1) is 0 Å². The molecule has 0 radical (unpaired) electrons. The fourth-order valence-electron chi connectivity index (χ4n) is 3.87. The zero-order valence-corrected chi connectivity index (χ0v) is 16.7. The molecule has 5 rings (SSSR count). The van der Waals surface area contributed by atoms with Gasteiger partial charge in [-0.1, -0.05) is 60.1 Å². The van der Waals surface area contributed by atoms with Crippen LogP contribution in [-0.4, -0.2) is 15.3 Å². The first-order valence-electron chi connectivity index (χ1n) is 9.70. The van der Waals surface area contributed by atoms with Gasteiger partial charge in [-0.3, -0.25) is 9.20 Å². The number of imidazole rings is 1. The van der Waals surface area contributed by atoms with E-state index in [9.17, 15) is 4.79 Å². The van der Waals surface area contributed by atoms with Gasteiger partial charge in [-0.25, -0.2) is 4.98 Å². The first-order valence-corrected chi connectivity index (χ1v) is 10.1. The number of nitrogens with zero attached hydrogens (tertiary/aromatic N) is 2. The molecule has 1 amide bonds. The highest BCUT2D eigenvalue weighted by atomic mass is 35.5. The molecule has 29 heavy (non-hydrogen) atoms. The Labute approximate surface area is 174 Å². The molecule has 1 unspecified atom stereocenters. The normalized spacial score (nSPS) is 18.0. The van der Waals surface area contributed by atoms with Crippen LogP contribution in [0.3, 0.4) is 0 Å². The van der Waals surface area contributed by atoms with Gasteiger partial charge in [0.2, 0.25) is 5.91 Å². The van der Waals surface area contributed by atoms with Gasteiger partial charge in [0, 0.05) is 22.7 Å². The average Bonchev–Trinajstić information content (AvgIpc) is 3.46. The average molecular weight is 402 g/mol. The topological polar surface area (TPSA) is 46.4 Å². The number of rotatable bonds is 4. The summed E-state index contributed by atoms with van der Waals surface area (Å²) >= 11 is 6.20. The standard InChI is InChI=1S/C24H20ClN3O/c1-15-10-11-21-26-22(17-8-5-9-18(25)12-17)23(28(21)14-15)27-24(29)20-13-19(20)16-6-3-2-4-7-16/h2-12,14,19-20H,13H2,1H3,(H,27,29)/t19-,20?/m0/s1. The maximum atomic E-state index is 13.1. The van der Waals surface area contributed by atoms with Gasteiger partial charge in [0.1, 0.15) is 17.2 Å². The van der Waals surface area contributed by atoms with Crippen LogP contribution >= 0.6 is 11.6 Å². The van der Waals surface area contributed by atoms with E-state index in [0.717, 1.165) is 28.9 Å². The highest BCUT2D eigenvalue weighted by Gasteiger charge is 2.44. The molecule has 2 aromatic carbocycles. The fraction of sp³-hybridized carbons (Fsp3) is 0.167. The lowest BCUT2D eigenvalue weighted by atomic mass is 10.1. The number of halogens is 1. The van der Waals surface area contributed by atoms with E-state index in [0.29, 0.717) is 10.8 Å². The van der Waals surface area contributed by atoms with E-state index in [1.54, 1.807) is 0 Å². The lowest BCUT2D eigenvalue weighted by Gasteiger charge is -2.09. The van der Waals surface area contributed by atoms with Crippen LogP contribution in [0, 0.1) is 12.8 Å². The largest absolute Gasteiger partial charge is 0.310 e. The van der Waals surface area contributed by atoms with Crippen LogP contribution in [0.5, 0.6) is 0 Å². The van der Waals surface area contributed by atoms with Crippen molar-refractivity contribution in [2.24, 2.45) is 5.92 Å². The molecule has 2 atom stereocenters. The number of nitrogens with one attached hydrogen (secondary N) is 1. The first-order chi connectivity index (χ1) is 14.1.